The molecule has 0 aromatic heterocycles. The molecule has 2 fully saturated rings. The lowest BCUT2D eigenvalue weighted by atomic mass is 9.94. The maximum Gasteiger partial charge on any atom is 0.221 e. The number of carbonyl (C=O) groups excluding carboxylic acids is 1. The monoisotopic (exact) mass is 248 g/mol. The second-order valence-corrected chi connectivity index (χ2v) is 6.01. The van der Waals surface area contributed by atoms with Crippen molar-refractivity contribution in [1.82, 2.24) is 5.32 Å². The molecule has 0 saturated heterocycles. The smallest absolute Gasteiger partial charge is 0.221 e. The Morgan fingerprint density at radius 2 is 1.72 bits per heavy atom. The molecule has 1 N–H and O–H groups in total. The first kappa shape index (κ1) is 13.4. The molecule has 0 unspecified atom stereocenters. The summed E-state index contributed by atoms with van der Waals surface area (Å²) in [7, 11) is 0. The van der Waals surface area contributed by atoms with Crippen LogP contribution in [0.2, 0.25) is 0 Å². The van der Waals surface area contributed by atoms with Gasteiger partial charge in [0.2, 0.25) is 5.91 Å². The molecule has 0 bridgehead atoms. The van der Waals surface area contributed by atoms with Crippen LogP contribution in [-0.2, 0) is 4.79 Å². The fraction of sp³-hybridized carbons (Fsp3) is 0.867. The summed E-state index contributed by atoms with van der Waals surface area (Å²) < 4.78 is 0. The third-order valence-electron chi connectivity index (χ3n) is 4.50. The van der Waals surface area contributed by atoms with E-state index in [0.29, 0.717) is 12.3 Å². The van der Waals surface area contributed by atoms with Crippen molar-refractivity contribution in [2.45, 2.75) is 76.2 Å². The van der Waals surface area contributed by atoms with Gasteiger partial charge in [-0.15, -0.1) is 0 Å². The van der Waals surface area contributed by atoms with Crippen molar-refractivity contribution in [2.24, 2.45) is 5.92 Å². The number of amides is 1. The number of carbonyl (C=O) groups is 1. The van der Waals surface area contributed by atoms with E-state index >= 15 is 0 Å². The topological polar surface area (TPSA) is 52.9 Å². The molecule has 2 aliphatic rings. The molecule has 3 heteroatoms. The summed E-state index contributed by atoms with van der Waals surface area (Å²) in [4.78, 5) is 12.1. The fourth-order valence-corrected chi connectivity index (χ4v) is 3.39. The zero-order valence-corrected chi connectivity index (χ0v) is 11.2. The second kappa shape index (κ2) is 6.22. The third kappa shape index (κ3) is 3.48. The van der Waals surface area contributed by atoms with Crippen LogP contribution >= 0.6 is 0 Å². The van der Waals surface area contributed by atoms with Gasteiger partial charge in [-0.3, -0.25) is 4.79 Å². The van der Waals surface area contributed by atoms with Crippen molar-refractivity contribution in [3.05, 3.63) is 0 Å². The van der Waals surface area contributed by atoms with Gasteiger partial charge < -0.3 is 5.32 Å². The predicted octanol–water partition coefficient (Wildman–Crippen LogP) is 3.30. The summed E-state index contributed by atoms with van der Waals surface area (Å²) in [5.74, 6) is 0.648. The van der Waals surface area contributed by atoms with Crippen molar-refractivity contribution >= 4 is 5.91 Å². The van der Waals surface area contributed by atoms with Crippen LogP contribution in [-0.4, -0.2) is 11.4 Å². The standard InChI is InChI=1S/C15H24N2O/c16-12-15(9-5-6-10-15)17-14(18)11-13-7-3-1-2-4-8-13/h13H,1-11H2,(H,17,18). The van der Waals surface area contributed by atoms with E-state index in [1.807, 2.05) is 0 Å². The SMILES string of the molecule is N#CC1(NC(=O)CC2CCCCCC2)CCCC1. The first-order valence-corrected chi connectivity index (χ1v) is 7.46. The fourth-order valence-electron chi connectivity index (χ4n) is 3.39. The Morgan fingerprint density at radius 3 is 2.28 bits per heavy atom. The molecule has 2 saturated carbocycles. The molecule has 0 aromatic carbocycles. The second-order valence-electron chi connectivity index (χ2n) is 6.01. The highest BCUT2D eigenvalue weighted by atomic mass is 16.1. The van der Waals surface area contributed by atoms with Crippen LogP contribution in [0.1, 0.15) is 70.6 Å². The lowest BCUT2D eigenvalue weighted by Gasteiger charge is -2.23. The largest absolute Gasteiger partial charge is 0.338 e. The van der Waals surface area contributed by atoms with Gasteiger partial charge in [-0.2, -0.15) is 5.26 Å². The van der Waals surface area contributed by atoms with Crippen LogP contribution < -0.4 is 5.32 Å². The van der Waals surface area contributed by atoms with Gasteiger partial charge in [0, 0.05) is 6.42 Å². The molecule has 0 spiro atoms. The quantitative estimate of drug-likeness (QED) is 0.779. The Bertz CT molecular complexity index is 318. The molecule has 0 aromatic rings. The Labute approximate surface area is 110 Å². The van der Waals surface area contributed by atoms with Gasteiger partial charge in [0.25, 0.3) is 0 Å². The molecule has 0 radical (unpaired) electrons. The van der Waals surface area contributed by atoms with Crippen LogP contribution in [0.3, 0.4) is 0 Å². The van der Waals surface area contributed by atoms with Gasteiger partial charge in [-0.25, -0.2) is 0 Å². The Morgan fingerprint density at radius 1 is 1.11 bits per heavy atom. The molecule has 18 heavy (non-hydrogen) atoms. The highest BCUT2D eigenvalue weighted by molar-refractivity contribution is 5.77. The molecule has 0 aliphatic heterocycles. The molecule has 3 nitrogen and oxygen atoms in total. The summed E-state index contributed by atoms with van der Waals surface area (Å²) >= 11 is 0. The predicted molar refractivity (Wildman–Crippen MR) is 70.8 cm³/mol. The number of rotatable bonds is 3. The normalized spacial score (nSPS) is 24.2. The van der Waals surface area contributed by atoms with Gasteiger partial charge in [-0.05, 0) is 44.4 Å². The zero-order chi connectivity index (χ0) is 12.8. The van der Waals surface area contributed by atoms with Crippen LogP contribution in [0, 0.1) is 17.2 Å². The van der Waals surface area contributed by atoms with Crippen molar-refractivity contribution in [3.63, 3.8) is 0 Å². The number of nitrogens with zero attached hydrogens (tertiary/aromatic N) is 1. The molecular weight excluding hydrogens is 224 g/mol. The van der Waals surface area contributed by atoms with E-state index in [1.165, 1.54) is 38.5 Å². The van der Waals surface area contributed by atoms with Gasteiger partial charge in [0.05, 0.1) is 6.07 Å². The lowest BCUT2D eigenvalue weighted by Crippen LogP contribution is -2.45. The van der Waals surface area contributed by atoms with E-state index < -0.39 is 5.54 Å². The van der Waals surface area contributed by atoms with E-state index in [1.54, 1.807) is 0 Å². The average molecular weight is 248 g/mol. The Balaban J connectivity index is 1.82. The van der Waals surface area contributed by atoms with Crippen molar-refractivity contribution in [3.8, 4) is 6.07 Å². The number of nitriles is 1. The van der Waals surface area contributed by atoms with E-state index in [-0.39, 0.29) is 5.91 Å². The molecular formula is C15H24N2O. The number of hydrogen-bond acceptors (Lipinski definition) is 2. The minimum atomic E-state index is -0.540. The van der Waals surface area contributed by atoms with Crippen molar-refractivity contribution < 1.29 is 4.79 Å². The Kier molecular flexibility index (Phi) is 4.63. The van der Waals surface area contributed by atoms with E-state index in [2.05, 4.69) is 11.4 Å². The molecule has 1 amide bonds. The summed E-state index contributed by atoms with van der Waals surface area (Å²) in [6, 6.07) is 2.33. The Hall–Kier alpha value is -1.04. The zero-order valence-electron chi connectivity index (χ0n) is 11.2. The molecule has 100 valence electrons. The van der Waals surface area contributed by atoms with Gasteiger partial charge >= 0.3 is 0 Å². The summed E-state index contributed by atoms with van der Waals surface area (Å²) in [5, 5.41) is 12.3. The lowest BCUT2D eigenvalue weighted by molar-refractivity contribution is -0.123. The van der Waals surface area contributed by atoms with E-state index in [9.17, 15) is 10.1 Å². The molecule has 2 aliphatic carbocycles. The van der Waals surface area contributed by atoms with Crippen LogP contribution in [0.25, 0.3) is 0 Å². The average Bonchev–Trinajstić information content (AvgIpc) is 2.67. The van der Waals surface area contributed by atoms with Crippen molar-refractivity contribution in [2.75, 3.05) is 0 Å². The number of hydrogen-bond donors (Lipinski definition) is 1. The summed E-state index contributed by atoms with van der Waals surface area (Å²) in [6.45, 7) is 0. The summed E-state index contributed by atoms with van der Waals surface area (Å²) in [5.41, 5.74) is -0.540. The van der Waals surface area contributed by atoms with Crippen molar-refractivity contribution in [1.29, 1.82) is 5.26 Å². The third-order valence-corrected chi connectivity index (χ3v) is 4.50. The minimum Gasteiger partial charge on any atom is -0.338 e. The van der Waals surface area contributed by atoms with Gasteiger partial charge in [0.15, 0.2) is 0 Å². The highest BCUT2D eigenvalue weighted by Gasteiger charge is 2.35. The first-order chi connectivity index (χ1) is 8.74. The molecule has 2 rings (SSSR count). The van der Waals surface area contributed by atoms with Crippen LogP contribution in [0.4, 0.5) is 0 Å². The highest BCUT2D eigenvalue weighted by Crippen LogP contribution is 2.30. The minimum absolute atomic E-state index is 0.102. The van der Waals surface area contributed by atoms with Gasteiger partial charge in [-0.1, -0.05) is 25.7 Å². The van der Waals surface area contributed by atoms with Crippen LogP contribution in [0.15, 0.2) is 0 Å². The van der Waals surface area contributed by atoms with E-state index in [4.69, 9.17) is 0 Å². The first-order valence-electron chi connectivity index (χ1n) is 7.46. The number of nitrogens with one attached hydrogen (secondary N) is 1. The molecule has 0 atom stereocenters. The van der Waals surface area contributed by atoms with Gasteiger partial charge in [0.1, 0.15) is 5.54 Å². The molecule has 0 heterocycles. The van der Waals surface area contributed by atoms with E-state index in [0.717, 1.165) is 25.7 Å². The summed E-state index contributed by atoms with van der Waals surface area (Å²) in [6.07, 6.45) is 12.0. The maximum absolute atomic E-state index is 12.1. The van der Waals surface area contributed by atoms with Crippen LogP contribution in [0.5, 0.6) is 0 Å². The maximum atomic E-state index is 12.1.